The van der Waals surface area contributed by atoms with Crippen molar-refractivity contribution in [1.29, 1.82) is 0 Å². The first kappa shape index (κ1) is 15.8. The molecule has 6 heteroatoms. The van der Waals surface area contributed by atoms with Crippen LogP contribution in [0, 0.1) is 17.7 Å². The first-order valence-corrected chi connectivity index (χ1v) is 6.85. The second-order valence-electron chi connectivity index (χ2n) is 5.82. The highest BCUT2D eigenvalue weighted by Gasteiger charge is 2.36. The maximum absolute atomic E-state index is 14.0. The molecule has 1 aliphatic heterocycles. The normalized spacial score (nSPS) is 23.2. The standard InChI is InChI=1S/C15H17F4NO/c1-9-6-10(2)8-20(7-9)14(21)11-4-3-5-12(13(11)16)15(17,18)19/h3-5,9-10H,6-8H2,1-2H3. The van der Waals surface area contributed by atoms with Gasteiger partial charge in [-0.15, -0.1) is 0 Å². The van der Waals surface area contributed by atoms with Gasteiger partial charge >= 0.3 is 6.18 Å². The Kier molecular flexibility index (Phi) is 4.25. The van der Waals surface area contributed by atoms with E-state index in [2.05, 4.69) is 0 Å². The van der Waals surface area contributed by atoms with Gasteiger partial charge in [-0.25, -0.2) is 4.39 Å². The van der Waals surface area contributed by atoms with Gasteiger partial charge in [-0.05, 0) is 30.4 Å². The molecule has 0 aromatic heterocycles. The van der Waals surface area contributed by atoms with Crippen LogP contribution in [0.15, 0.2) is 18.2 Å². The van der Waals surface area contributed by atoms with E-state index in [1.807, 2.05) is 13.8 Å². The topological polar surface area (TPSA) is 20.3 Å². The lowest BCUT2D eigenvalue weighted by Crippen LogP contribution is -2.43. The molecule has 21 heavy (non-hydrogen) atoms. The Bertz CT molecular complexity index is 531. The van der Waals surface area contributed by atoms with Crippen molar-refractivity contribution in [2.75, 3.05) is 13.1 Å². The quantitative estimate of drug-likeness (QED) is 0.719. The minimum Gasteiger partial charge on any atom is -0.338 e. The Morgan fingerprint density at radius 2 is 1.76 bits per heavy atom. The van der Waals surface area contributed by atoms with E-state index in [1.54, 1.807) is 0 Å². The van der Waals surface area contributed by atoms with Gasteiger partial charge in [0, 0.05) is 13.1 Å². The van der Waals surface area contributed by atoms with Crippen LogP contribution in [0.3, 0.4) is 0 Å². The maximum atomic E-state index is 14.0. The minimum atomic E-state index is -4.80. The molecule has 0 aliphatic carbocycles. The smallest absolute Gasteiger partial charge is 0.338 e. The lowest BCUT2D eigenvalue weighted by molar-refractivity contribution is -0.140. The van der Waals surface area contributed by atoms with E-state index in [-0.39, 0.29) is 11.8 Å². The van der Waals surface area contributed by atoms with Crippen molar-refractivity contribution >= 4 is 5.91 Å². The number of hydrogen-bond acceptors (Lipinski definition) is 1. The summed E-state index contributed by atoms with van der Waals surface area (Å²) in [4.78, 5) is 13.8. The summed E-state index contributed by atoms with van der Waals surface area (Å²) < 4.78 is 52.1. The number of halogens is 4. The highest BCUT2D eigenvalue weighted by molar-refractivity contribution is 5.94. The Morgan fingerprint density at radius 3 is 2.29 bits per heavy atom. The zero-order chi connectivity index (χ0) is 15.8. The summed E-state index contributed by atoms with van der Waals surface area (Å²) in [7, 11) is 0. The summed E-state index contributed by atoms with van der Waals surface area (Å²) in [5.74, 6) is -1.64. The predicted octanol–water partition coefficient (Wildman–Crippen LogP) is 3.96. The van der Waals surface area contributed by atoms with Gasteiger partial charge in [-0.2, -0.15) is 13.2 Å². The van der Waals surface area contributed by atoms with E-state index in [4.69, 9.17) is 0 Å². The minimum absolute atomic E-state index is 0.256. The van der Waals surface area contributed by atoms with Gasteiger partial charge < -0.3 is 4.90 Å². The second-order valence-corrected chi connectivity index (χ2v) is 5.82. The third-order valence-electron chi connectivity index (χ3n) is 3.69. The average Bonchev–Trinajstić information content (AvgIpc) is 2.35. The van der Waals surface area contributed by atoms with E-state index < -0.39 is 29.0 Å². The number of piperidine rings is 1. The SMILES string of the molecule is CC1CC(C)CN(C(=O)c2cccc(C(F)(F)F)c2F)C1. The molecule has 0 bridgehead atoms. The summed E-state index contributed by atoms with van der Waals surface area (Å²) in [6.07, 6.45) is -3.85. The number of hydrogen-bond donors (Lipinski definition) is 0. The van der Waals surface area contributed by atoms with Gasteiger partial charge in [0.2, 0.25) is 0 Å². The van der Waals surface area contributed by atoms with Crippen LogP contribution < -0.4 is 0 Å². The van der Waals surface area contributed by atoms with Crippen LogP contribution in [0.1, 0.15) is 36.2 Å². The average molecular weight is 303 g/mol. The number of carbonyl (C=O) groups excluding carboxylic acids is 1. The van der Waals surface area contributed by atoms with Crippen molar-refractivity contribution in [3.63, 3.8) is 0 Å². The highest BCUT2D eigenvalue weighted by atomic mass is 19.4. The summed E-state index contributed by atoms with van der Waals surface area (Å²) in [6, 6.07) is 2.82. The van der Waals surface area contributed by atoms with Gasteiger partial charge in [0.1, 0.15) is 5.82 Å². The van der Waals surface area contributed by atoms with E-state index in [0.717, 1.165) is 18.6 Å². The number of carbonyl (C=O) groups is 1. The van der Waals surface area contributed by atoms with Crippen molar-refractivity contribution in [1.82, 2.24) is 4.90 Å². The third-order valence-corrected chi connectivity index (χ3v) is 3.69. The van der Waals surface area contributed by atoms with Crippen molar-refractivity contribution in [3.8, 4) is 0 Å². The zero-order valence-corrected chi connectivity index (χ0v) is 11.9. The van der Waals surface area contributed by atoms with E-state index in [1.165, 1.54) is 4.90 Å². The van der Waals surface area contributed by atoms with Crippen LogP contribution >= 0.6 is 0 Å². The third kappa shape index (κ3) is 3.36. The van der Waals surface area contributed by atoms with E-state index in [9.17, 15) is 22.4 Å². The lowest BCUT2D eigenvalue weighted by atomic mass is 9.91. The molecule has 1 aromatic carbocycles. The summed E-state index contributed by atoms with van der Waals surface area (Å²) in [5, 5.41) is 0. The molecule has 2 atom stereocenters. The molecule has 116 valence electrons. The molecule has 1 aromatic rings. The Balaban J connectivity index is 2.32. The van der Waals surface area contributed by atoms with Gasteiger partial charge in [-0.3, -0.25) is 4.79 Å². The second kappa shape index (κ2) is 5.66. The molecular formula is C15H17F4NO. The molecule has 1 heterocycles. The van der Waals surface area contributed by atoms with Crippen LogP contribution in [-0.4, -0.2) is 23.9 Å². The Labute approximate surface area is 120 Å². The lowest BCUT2D eigenvalue weighted by Gasteiger charge is -2.35. The first-order valence-electron chi connectivity index (χ1n) is 6.85. The molecule has 2 unspecified atom stereocenters. The molecule has 1 amide bonds. The van der Waals surface area contributed by atoms with Gasteiger partial charge in [0.05, 0.1) is 11.1 Å². The number of amides is 1. The van der Waals surface area contributed by atoms with Crippen molar-refractivity contribution in [3.05, 3.63) is 35.1 Å². The predicted molar refractivity (Wildman–Crippen MR) is 70.3 cm³/mol. The Hall–Kier alpha value is -1.59. The fourth-order valence-corrected chi connectivity index (χ4v) is 2.92. The van der Waals surface area contributed by atoms with E-state index in [0.29, 0.717) is 19.2 Å². The van der Waals surface area contributed by atoms with Gasteiger partial charge in [0.15, 0.2) is 0 Å². The fourth-order valence-electron chi connectivity index (χ4n) is 2.92. The van der Waals surface area contributed by atoms with Crippen LogP contribution in [0.2, 0.25) is 0 Å². The monoisotopic (exact) mass is 303 g/mol. The summed E-state index contributed by atoms with van der Waals surface area (Å²) >= 11 is 0. The van der Waals surface area contributed by atoms with E-state index >= 15 is 0 Å². The van der Waals surface area contributed by atoms with Crippen molar-refractivity contribution < 1.29 is 22.4 Å². The first-order chi connectivity index (χ1) is 9.70. The number of nitrogens with zero attached hydrogens (tertiary/aromatic N) is 1. The Morgan fingerprint density at radius 1 is 1.19 bits per heavy atom. The number of likely N-dealkylation sites (tertiary alicyclic amines) is 1. The molecule has 0 N–H and O–H groups in total. The van der Waals surface area contributed by atoms with Crippen LogP contribution in [0.4, 0.5) is 17.6 Å². The summed E-state index contributed by atoms with van der Waals surface area (Å²) in [5.41, 5.74) is -1.91. The number of benzene rings is 1. The molecule has 0 saturated carbocycles. The molecule has 1 fully saturated rings. The van der Waals surface area contributed by atoms with Crippen molar-refractivity contribution in [2.24, 2.45) is 11.8 Å². The maximum Gasteiger partial charge on any atom is 0.419 e. The summed E-state index contributed by atoms with van der Waals surface area (Å²) in [6.45, 7) is 4.83. The molecule has 2 nitrogen and oxygen atoms in total. The molecule has 0 radical (unpaired) electrons. The van der Waals surface area contributed by atoms with Gasteiger partial charge in [-0.1, -0.05) is 19.9 Å². The molecule has 1 saturated heterocycles. The number of rotatable bonds is 1. The van der Waals surface area contributed by atoms with Crippen LogP contribution in [-0.2, 0) is 6.18 Å². The van der Waals surface area contributed by atoms with Crippen LogP contribution in [0.25, 0.3) is 0 Å². The highest BCUT2D eigenvalue weighted by Crippen LogP contribution is 2.33. The molecular weight excluding hydrogens is 286 g/mol. The fraction of sp³-hybridized carbons (Fsp3) is 0.533. The van der Waals surface area contributed by atoms with Crippen LogP contribution in [0.5, 0.6) is 0 Å². The molecule has 0 spiro atoms. The number of alkyl halides is 3. The van der Waals surface area contributed by atoms with Gasteiger partial charge in [0.25, 0.3) is 5.91 Å². The zero-order valence-electron chi connectivity index (χ0n) is 11.9. The molecule has 2 rings (SSSR count). The van der Waals surface area contributed by atoms with Crippen molar-refractivity contribution in [2.45, 2.75) is 26.4 Å². The largest absolute Gasteiger partial charge is 0.419 e. The molecule has 1 aliphatic rings.